The fourth-order valence-electron chi connectivity index (χ4n) is 1.40. The molecule has 0 radical (unpaired) electrons. The van der Waals surface area contributed by atoms with E-state index in [1.54, 1.807) is 12.2 Å². The van der Waals surface area contributed by atoms with Crippen LogP contribution >= 0.6 is 0 Å². The van der Waals surface area contributed by atoms with Crippen LogP contribution in [0.4, 0.5) is 0 Å². The number of hydrogen-bond donors (Lipinski definition) is 0. The van der Waals surface area contributed by atoms with E-state index in [-0.39, 0.29) is 0 Å². The Labute approximate surface area is 130 Å². The lowest BCUT2D eigenvalue weighted by Gasteiger charge is -1.89. The van der Waals surface area contributed by atoms with Crippen molar-refractivity contribution in [3.05, 3.63) is 48.6 Å². The Hall–Kier alpha value is -1.70. The number of aldehydes is 2. The van der Waals surface area contributed by atoms with Crippen LogP contribution in [0.1, 0.15) is 58.8 Å². The van der Waals surface area contributed by atoms with Crippen LogP contribution in [0.15, 0.2) is 48.6 Å². The van der Waals surface area contributed by atoms with Crippen molar-refractivity contribution < 1.29 is 9.59 Å². The molecule has 0 spiro atoms. The number of carbonyl (C=O) groups excluding carboxylic acids is 2. The zero-order valence-electron chi connectivity index (χ0n) is 13.5. The predicted octanol–water partition coefficient (Wildman–Crippen LogP) is 5.37. The zero-order valence-corrected chi connectivity index (χ0v) is 13.5. The highest BCUT2D eigenvalue weighted by molar-refractivity contribution is 5.65. The van der Waals surface area contributed by atoms with Crippen molar-refractivity contribution in [1.29, 1.82) is 0 Å². The van der Waals surface area contributed by atoms with Gasteiger partial charge in [0.25, 0.3) is 0 Å². The van der Waals surface area contributed by atoms with E-state index in [9.17, 15) is 9.59 Å². The molecule has 0 aliphatic heterocycles. The third kappa shape index (κ3) is 27.5. The van der Waals surface area contributed by atoms with Crippen molar-refractivity contribution in [1.82, 2.24) is 0 Å². The van der Waals surface area contributed by atoms with Gasteiger partial charge in [0.1, 0.15) is 12.6 Å². The first-order valence-electron chi connectivity index (χ1n) is 7.87. The first-order valence-corrected chi connectivity index (χ1v) is 7.87. The molecule has 0 aromatic heterocycles. The molecule has 0 unspecified atom stereocenters. The summed E-state index contributed by atoms with van der Waals surface area (Å²) in [5, 5.41) is 0. The van der Waals surface area contributed by atoms with E-state index in [1.165, 1.54) is 44.3 Å². The highest BCUT2D eigenvalue weighted by atomic mass is 16.1. The van der Waals surface area contributed by atoms with E-state index in [0.717, 1.165) is 25.4 Å². The number of rotatable bonds is 11. The number of unbranched alkanes of at least 4 members (excludes halogenated alkanes) is 5. The second kappa shape index (κ2) is 23.4. The average molecular weight is 290 g/mol. The summed E-state index contributed by atoms with van der Waals surface area (Å²) in [6, 6.07) is 0. The molecule has 0 aromatic carbocycles. The van der Waals surface area contributed by atoms with Gasteiger partial charge in [-0.1, -0.05) is 76.0 Å². The smallest absolute Gasteiger partial charge is 0.142 e. The largest absolute Gasteiger partial charge is 0.299 e. The minimum absolute atomic E-state index is 0.782. The second-order valence-corrected chi connectivity index (χ2v) is 4.54. The molecule has 0 atom stereocenters. The molecule has 0 rings (SSSR count). The summed E-state index contributed by atoms with van der Waals surface area (Å²) in [4.78, 5) is 19.6. The maximum atomic E-state index is 9.82. The molecule has 0 heterocycles. The zero-order chi connectivity index (χ0) is 16.0. The van der Waals surface area contributed by atoms with Crippen molar-refractivity contribution >= 4 is 12.6 Å². The fraction of sp³-hybridized carbons (Fsp3) is 0.474. The van der Waals surface area contributed by atoms with Crippen LogP contribution in [-0.4, -0.2) is 12.6 Å². The van der Waals surface area contributed by atoms with E-state index in [1.807, 2.05) is 12.2 Å². The summed E-state index contributed by atoms with van der Waals surface area (Å²) in [6.45, 7) is 4.35. The van der Waals surface area contributed by atoms with Gasteiger partial charge in [-0.3, -0.25) is 9.59 Å². The highest BCUT2D eigenvalue weighted by Crippen LogP contribution is 1.99. The molecule has 0 N–H and O–H groups in total. The number of hydrogen-bond acceptors (Lipinski definition) is 2. The Morgan fingerprint density at radius 2 is 1.05 bits per heavy atom. The van der Waals surface area contributed by atoms with Crippen molar-refractivity contribution in [2.24, 2.45) is 0 Å². The lowest BCUT2D eigenvalue weighted by atomic mass is 10.2. The maximum Gasteiger partial charge on any atom is 0.142 e. The first-order chi connectivity index (χ1) is 10.3. The molecule has 2 nitrogen and oxygen atoms in total. The normalized spacial score (nSPS) is 11.3. The van der Waals surface area contributed by atoms with Gasteiger partial charge in [0.05, 0.1) is 0 Å². The monoisotopic (exact) mass is 290 g/mol. The third-order valence-electron chi connectivity index (χ3n) is 2.57. The summed E-state index contributed by atoms with van der Waals surface area (Å²) in [5.41, 5.74) is 0. The SMILES string of the molecule is CCCC/C=C/C=C/C=O.CCCCC/C=C\C=C\C=O. The minimum Gasteiger partial charge on any atom is -0.299 e. The van der Waals surface area contributed by atoms with Gasteiger partial charge < -0.3 is 0 Å². The topological polar surface area (TPSA) is 34.1 Å². The van der Waals surface area contributed by atoms with Crippen LogP contribution < -0.4 is 0 Å². The van der Waals surface area contributed by atoms with Crippen molar-refractivity contribution in [3.63, 3.8) is 0 Å². The van der Waals surface area contributed by atoms with Crippen LogP contribution in [0.3, 0.4) is 0 Å². The quantitative estimate of drug-likeness (QED) is 0.222. The van der Waals surface area contributed by atoms with E-state index < -0.39 is 0 Å². The molecular formula is C19H30O2. The Morgan fingerprint density at radius 3 is 1.48 bits per heavy atom. The van der Waals surface area contributed by atoms with Crippen molar-refractivity contribution in [3.8, 4) is 0 Å². The van der Waals surface area contributed by atoms with E-state index in [4.69, 9.17) is 0 Å². The lowest BCUT2D eigenvalue weighted by molar-refractivity contribution is -0.104. The van der Waals surface area contributed by atoms with Crippen molar-refractivity contribution in [2.75, 3.05) is 0 Å². The Kier molecular flexibility index (Phi) is 24.1. The average Bonchev–Trinajstić information content (AvgIpc) is 2.51. The summed E-state index contributed by atoms with van der Waals surface area (Å²) in [6.07, 6.45) is 24.6. The van der Waals surface area contributed by atoms with Gasteiger partial charge in [0.15, 0.2) is 0 Å². The molecule has 0 saturated heterocycles. The summed E-state index contributed by atoms with van der Waals surface area (Å²) in [7, 11) is 0. The molecule has 0 saturated carbocycles. The van der Waals surface area contributed by atoms with Gasteiger partial charge in [-0.25, -0.2) is 0 Å². The van der Waals surface area contributed by atoms with E-state index in [0.29, 0.717) is 0 Å². The molecule has 2 heteroatoms. The molecule has 118 valence electrons. The van der Waals surface area contributed by atoms with Gasteiger partial charge in [-0.2, -0.15) is 0 Å². The van der Waals surface area contributed by atoms with Crippen LogP contribution in [0, 0.1) is 0 Å². The molecule has 0 aliphatic rings. The molecule has 0 fully saturated rings. The van der Waals surface area contributed by atoms with Gasteiger partial charge in [0, 0.05) is 0 Å². The van der Waals surface area contributed by atoms with Gasteiger partial charge in [0.2, 0.25) is 0 Å². The molecule has 0 amide bonds. The molecule has 0 bridgehead atoms. The Balaban J connectivity index is 0. The van der Waals surface area contributed by atoms with Crippen LogP contribution in [0.5, 0.6) is 0 Å². The maximum absolute atomic E-state index is 9.82. The van der Waals surface area contributed by atoms with Gasteiger partial charge in [-0.15, -0.1) is 0 Å². The van der Waals surface area contributed by atoms with E-state index >= 15 is 0 Å². The first kappa shape index (κ1) is 21.6. The Bertz CT molecular complexity index is 322. The third-order valence-corrected chi connectivity index (χ3v) is 2.57. The molecule has 21 heavy (non-hydrogen) atoms. The fourth-order valence-corrected chi connectivity index (χ4v) is 1.40. The Morgan fingerprint density at radius 1 is 0.571 bits per heavy atom. The molecule has 0 aliphatic carbocycles. The summed E-state index contributed by atoms with van der Waals surface area (Å²) < 4.78 is 0. The van der Waals surface area contributed by atoms with Crippen LogP contribution in [-0.2, 0) is 9.59 Å². The van der Waals surface area contributed by atoms with Gasteiger partial charge in [-0.05, 0) is 31.4 Å². The lowest BCUT2D eigenvalue weighted by Crippen LogP contribution is -1.69. The van der Waals surface area contributed by atoms with Crippen LogP contribution in [0.2, 0.25) is 0 Å². The minimum atomic E-state index is 0.782. The number of carbonyl (C=O) groups is 2. The molecule has 0 aromatic rings. The standard InChI is InChI=1S/C10H16O.C9H14O/c1-2-3-4-5-6-7-8-9-10-11;1-2-3-4-5-6-7-8-9-10/h6-10H,2-5H2,1H3;5-9H,2-4H2,1H3/b7-6-,9-8+;6-5+,8-7+. The predicted molar refractivity (Wildman–Crippen MR) is 92.4 cm³/mol. The summed E-state index contributed by atoms with van der Waals surface area (Å²) >= 11 is 0. The number of allylic oxidation sites excluding steroid dienone is 8. The van der Waals surface area contributed by atoms with Gasteiger partial charge >= 0.3 is 0 Å². The highest BCUT2D eigenvalue weighted by Gasteiger charge is 1.79. The summed E-state index contributed by atoms with van der Waals surface area (Å²) in [5.74, 6) is 0. The van der Waals surface area contributed by atoms with Crippen molar-refractivity contribution in [2.45, 2.75) is 58.8 Å². The second-order valence-electron chi connectivity index (χ2n) is 4.54. The van der Waals surface area contributed by atoms with E-state index in [2.05, 4.69) is 26.0 Å². The molecular weight excluding hydrogens is 260 g/mol. The van der Waals surface area contributed by atoms with Crippen LogP contribution in [0.25, 0.3) is 0 Å².